The summed E-state index contributed by atoms with van der Waals surface area (Å²) >= 11 is 0. The third-order valence-electron chi connectivity index (χ3n) is 18.9. The Labute approximate surface area is 638 Å². The van der Waals surface area contributed by atoms with Gasteiger partial charge in [-0.25, -0.2) is 23.8 Å². The Kier molecular flexibility index (Phi) is 30.5. The molecule has 6 aromatic rings. The second kappa shape index (κ2) is 40.4. The molecule has 13 N–H and O–H groups in total. The summed E-state index contributed by atoms with van der Waals surface area (Å²) in [6, 6.07) is 20.2. The van der Waals surface area contributed by atoms with Crippen molar-refractivity contribution in [3.05, 3.63) is 157 Å². The van der Waals surface area contributed by atoms with Gasteiger partial charge in [-0.2, -0.15) is 0 Å². The molecule has 0 unspecified atom stereocenters. The van der Waals surface area contributed by atoms with Crippen molar-refractivity contribution in [2.45, 2.75) is 129 Å². The van der Waals surface area contributed by atoms with E-state index >= 15 is 4.39 Å². The Morgan fingerprint density at radius 3 is 2.12 bits per heavy atom. The second-order valence-electron chi connectivity index (χ2n) is 26.8. The van der Waals surface area contributed by atoms with Crippen LogP contribution < -0.4 is 58.7 Å². The topological polar surface area (TPSA) is 447 Å². The fourth-order valence-corrected chi connectivity index (χ4v) is 13.0. The predicted octanol–water partition coefficient (Wildman–Crippen LogP) is 3.48. The molecule has 0 radical (unpaired) electrons. The summed E-state index contributed by atoms with van der Waals surface area (Å²) in [7, 11) is 0. The van der Waals surface area contributed by atoms with E-state index in [4.69, 9.17) is 39.1 Å². The number of nitrogens with two attached hydrogens (primary N) is 1. The molecule has 592 valence electrons. The standard InChI is InChI=1S/C78H93FN12O20/c1-5-78(105,75(101)102)56-37-62-71-54(41-91(62)74(100)55(56)42-92)69-58(23-22-53-47(4)57(79)38-60(87-71)68(53)69)86-66(96)44-110-45-84-65(95)39-83-77(104)111-43-48-16-20-52(21-17-48)85-72(98)59(14-10-27-82-76(80)103)88-73(99)70(46(2)3)89-64(94)26-29-106-31-33-108-35-36-109-34-32-107-30-28-81-63(93)24-25-67(97)90-40-51-13-7-6-11-49(51)18-19-50-12-8-9-15-61(50)90/h6-9,11-13,15-17,20-21,37-38,46,58-59,70,92,105H,5,10,14,22-36,39-45H2,1-4H3,(H,81,93)(H,83,104)(H,84,95)(H,85,98)(H,86,96)(H,88,99)(H,89,94)(H,101,102)(H3,80,82,103)/t58-,59-,70-,78-/m0/s1. The minimum Gasteiger partial charge on any atom is -0.479 e. The summed E-state index contributed by atoms with van der Waals surface area (Å²) in [6.45, 7) is 6.28. The number of carbonyl (C=O) groups is 10. The van der Waals surface area contributed by atoms with E-state index in [0.717, 1.165) is 16.7 Å². The summed E-state index contributed by atoms with van der Waals surface area (Å²) in [4.78, 5) is 149. The number of hydrogen-bond acceptors (Lipinski definition) is 20. The van der Waals surface area contributed by atoms with E-state index < -0.39 is 115 Å². The number of halogens is 1. The zero-order chi connectivity index (χ0) is 79.7. The van der Waals surface area contributed by atoms with Gasteiger partial charge in [0.25, 0.3) is 5.56 Å². The van der Waals surface area contributed by atoms with Gasteiger partial charge in [0.15, 0.2) is 5.60 Å². The summed E-state index contributed by atoms with van der Waals surface area (Å²) in [5.41, 5.74) is 8.01. The Morgan fingerprint density at radius 1 is 0.739 bits per heavy atom. The van der Waals surface area contributed by atoms with Crippen LogP contribution in [0.2, 0.25) is 0 Å². The van der Waals surface area contributed by atoms with Crippen molar-refractivity contribution >= 4 is 81.7 Å². The van der Waals surface area contributed by atoms with Crippen LogP contribution in [-0.4, -0.2) is 182 Å². The molecule has 9 rings (SSSR count). The van der Waals surface area contributed by atoms with Crippen molar-refractivity contribution in [2.75, 3.05) is 96.0 Å². The SMILES string of the molecule is CC[C@@](O)(C(=O)O)c1cc2n(c(=O)c1CO)Cc1c-2nc2cc(F)c(C)c3c2c1[C@@H](NC(=O)COCNC(=O)CNC(=O)OCc1ccc(NC(=O)[C@H](CCCNC(N)=O)NC(=O)[C@@H](NC(=O)CCOCCOCCOCCOCCNC(=O)CCC(=O)N2Cc4ccccc4C#Cc4ccccc42)C(C)C)cc1)CC3. The molecule has 4 aromatic carbocycles. The smallest absolute Gasteiger partial charge is 0.407 e. The van der Waals surface area contributed by atoms with E-state index in [2.05, 4.69) is 54.4 Å². The molecule has 0 saturated heterocycles. The number of anilines is 2. The molecule has 2 aromatic heterocycles. The quantitative estimate of drug-likeness (QED) is 0.0148. The highest BCUT2D eigenvalue weighted by Crippen LogP contribution is 2.46. The number of rotatable bonds is 41. The molecule has 2 aliphatic heterocycles. The number of carbonyl (C=O) groups excluding carboxylic acids is 9. The number of para-hydroxylation sites is 1. The molecule has 111 heavy (non-hydrogen) atoms. The molecule has 33 heteroatoms. The van der Waals surface area contributed by atoms with E-state index in [9.17, 15) is 68.1 Å². The molecule has 0 spiro atoms. The number of hydrogen-bond donors (Lipinski definition) is 12. The second-order valence-corrected chi connectivity index (χ2v) is 26.8. The minimum atomic E-state index is -2.53. The van der Waals surface area contributed by atoms with Gasteiger partial charge in [0.05, 0.1) is 101 Å². The van der Waals surface area contributed by atoms with Crippen molar-refractivity contribution in [1.82, 2.24) is 46.8 Å². The van der Waals surface area contributed by atoms with Crippen molar-refractivity contribution in [2.24, 2.45) is 11.7 Å². The number of aryl methyl sites for hydroxylation is 1. The lowest BCUT2D eigenvalue weighted by Gasteiger charge is -2.29. The first-order valence-electron chi connectivity index (χ1n) is 36.5. The number of pyridine rings is 2. The first-order chi connectivity index (χ1) is 53.4. The van der Waals surface area contributed by atoms with Crippen molar-refractivity contribution < 1.29 is 96.1 Å². The molecule has 10 amide bonds. The van der Waals surface area contributed by atoms with Crippen LogP contribution in [0.15, 0.2) is 89.7 Å². The lowest BCUT2D eigenvalue weighted by Crippen LogP contribution is -2.54. The average molecular weight is 1540 g/mol. The van der Waals surface area contributed by atoms with Crippen molar-refractivity contribution in [3.8, 4) is 23.2 Å². The Morgan fingerprint density at radius 2 is 1.42 bits per heavy atom. The number of primary amides is 1. The number of alkyl carbamates (subject to hydrolysis) is 1. The Balaban J connectivity index is 0.624. The number of carboxylic acids is 1. The van der Waals surface area contributed by atoms with E-state index in [1.807, 2.05) is 48.5 Å². The first kappa shape index (κ1) is 83.8. The van der Waals surface area contributed by atoms with Crippen LogP contribution >= 0.6 is 0 Å². The maximum atomic E-state index is 15.4. The van der Waals surface area contributed by atoms with E-state index in [-0.39, 0.29) is 151 Å². The highest BCUT2D eigenvalue weighted by atomic mass is 19.1. The third kappa shape index (κ3) is 22.5. The van der Waals surface area contributed by atoms with Gasteiger partial charge in [-0.3, -0.25) is 38.4 Å². The number of aliphatic hydroxyl groups excluding tert-OH is 1. The van der Waals surface area contributed by atoms with Crippen LogP contribution in [0.3, 0.4) is 0 Å². The number of aliphatic carboxylic acids is 1. The number of nitrogens with one attached hydrogen (secondary N) is 8. The zero-order valence-corrected chi connectivity index (χ0v) is 62.1. The van der Waals surface area contributed by atoms with Crippen LogP contribution in [0, 0.1) is 30.5 Å². The maximum absolute atomic E-state index is 15.4. The molecule has 0 bridgehead atoms. The van der Waals surface area contributed by atoms with Gasteiger partial charge in [0.2, 0.25) is 41.4 Å². The average Bonchev–Trinajstić information content (AvgIpc) is 1.59. The maximum Gasteiger partial charge on any atom is 0.407 e. The highest BCUT2D eigenvalue weighted by molar-refractivity contribution is 5.99. The first-order valence-corrected chi connectivity index (χ1v) is 36.5. The van der Waals surface area contributed by atoms with Gasteiger partial charge in [0, 0.05) is 77.3 Å². The summed E-state index contributed by atoms with van der Waals surface area (Å²) in [6.07, 6.45) is -0.394. The fourth-order valence-electron chi connectivity index (χ4n) is 13.0. The lowest BCUT2D eigenvalue weighted by molar-refractivity contribution is -0.160. The molecule has 4 heterocycles. The molecular formula is C78H93FN12O20. The fraction of sp³-hybridized carbons (Fsp3) is 0.436. The van der Waals surface area contributed by atoms with Gasteiger partial charge in [0.1, 0.15) is 44.4 Å². The summed E-state index contributed by atoms with van der Waals surface area (Å²) in [5.74, 6) is 0.332. The van der Waals surface area contributed by atoms with Gasteiger partial charge in [-0.1, -0.05) is 75.1 Å². The van der Waals surface area contributed by atoms with E-state index in [0.29, 0.717) is 70.6 Å². The number of nitrogens with zero attached hydrogens (tertiary/aromatic N) is 3. The number of urea groups is 1. The molecule has 32 nitrogen and oxygen atoms in total. The lowest BCUT2D eigenvalue weighted by atomic mass is 9.81. The molecule has 0 fully saturated rings. The number of carboxylic acid groups (broad SMARTS) is 1. The van der Waals surface area contributed by atoms with E-state index in [1.54, 1.807) is 37.8 Å². The minimum absolute atomic E-state index is 0.0179. The van der Waals surface area contributed by atoms with Gasteiger partial charge in [-0.05, 0) is 109 Å². The van der Waals surface area contributed by atoms with Crippen LogP contribution in [0.4, 0.5) is 25.4 Å². The summed E-state index contributed by atoms with van der Waals surface area (Å²) < 4.78 is 49.7. The van der Waals surface area contributed by atoms with Crippen LogP contribution in [0.25, 0.3) is 22.3 Å². The number of fused-ring (bicyclic) bond motifs is 6. The Bertz CT molecular complexity index is 4540. The van der Waals surface area contributed by atoms with Gasteiger partial charge < -0.3 is 101 Å². The molecule has 0 saturated carbocycles. The molecular weight excluding hydrogens is 1440 g/mol. The van der Waals surface area contributed by atoms with Crippen LogP contribution in [0.5, 0.6) is 0 Å². The number of amides is 10. The van der Waals surface area contributed by atoms with Gasteiger partial charge >= 0.3 is 18.1 Å². The number of ether oxygens (including phenoxy) is 6. The van der Waals surface area contributed by atoms with E-state index in [1.165, 1.54) is 35.8 Å². The largest absolute Gasteiger partial charge is 0.479 e. The monoisotopic (exact) mass is 1540 g/mol. The third-order valence-corrected chi connectivity index (χ3v) is 18.9. The number of benzene rings is 4. The number of aliphatic hydroxyl groups is 2. The number of aromatic nitrogens is 2. The normalized spacial score (nSPS) is 14.1. The predicted molar refractivity (Wildman–Crippen MR) is 400 cm³/mol. The van der Waals surface area contributed by atoms with Crippen molar-refractivity contribution in [1.29, 1.82) is 0 Å². The molecule has 1 aliphatic carbocycles. The van der Waals surface area contributed by atoms with Crippen LogP contribution in [0.1, 0.15) is 127 Å². The van der Waals surface area contributed by atoms with Gasteiger partial charge in [-0.15, -0.1) is 0 Å². The highest BCUT2D eigenvalue weighted by Gasteiger charge is 2.42. The Hall–Kier alpha value is -11.3. The molecule has 3 aliphatic rings. The molecule has 4 atom stereocenters. The zero-order valence-electron chi connectivity index (χ0n) is 62.1. The van der Waals surface area contributed by atoms with Crippen molar-refractivity contribution in [3.63, 3.8) is 0 Å². The summed E-state index contributed by atoms with van der Waals surface area (Å²) in [5, 5.41) is 53.2. The van der Waals surface area contributed by atoms with Crippen LogP contribution in [-0.2, 0) is 105 Å².